The number of rotatable bonds is 9. The van der Waals surface area contributed by atoms with Crippen molar-refractivity contribution < 1.29 is 23.7 Å². The third-order valence-electron chi connectivity index (χ3n) is 6.86. The van der Waals surface area contributed by atoms with E-state index in [4.69, 9.17) is 42.1 Å². The SMILES string of the molecule is CCOC(=O)C1=C(C)N=c2s/c(=C\c3ccccc3OCc3ccc(Cl)cc3Cl)c(=O)n2[C@H]1c1ccc(OC)cc1OC. The first-order valence-corrected chi connectivity index (χ1v) is 14.9. The van der Waals surface area contributed by atoms with E-state index in [2.05, 4.69) is 4.99 Å². The molecule has 0 saturated heterocycles. The number of esters is 1. The van der Waals surface area contributed by atoms with Crippen LogP contribution >= 0.6 is 34.5 Å². The summed E-state index contributed by atoms with van der Waals surface area (Å²) in [6.45, 7) is 3.84. The molecule has 0 N–H and O–H groups in total. The van der Waals surface area contributed by atoms with E-state index in [-0.39, 0.29) is 24.3 Å². The van der Waals surface area contributed by atoms with Gasteiger partial charge in [-0.15, -0.1) is 0 Å². The van der Waals surface area contributed by atoms with E-state index in [1.165, 1.54) is 23.0 Å². The lowest BCUT2D eigenvalue weighted by molar-refractivity contribution is -0.139. The number of carbonyl (C=O) groups is 1. The number of carbonyl (C=O) groups excluding carboxylic acids is 1. The zero-order valence-electron chi connectivity index (χ0n) is 23.9. The van der Waals surface area contributed by atoms with Crippen LogP contribution in [0.5, 0.6) is 17.2 Å². The van der Waals surface area contributed by atoms with Crippen molar-refractivity contribution in [2.75, 3.05) is 20.8 Å². The molecule has 0 saturated carbocycles. The van der Waals surface area contributed by atoms with Gasteiger partial charge in [-0.2, -0.15) is 0 Å². The summed E-state index contributed by atoms with van der Waals surface area (Å²) < 4.78 is 24.5. The lowest BCUT2D eigenvalue weighted by Gasteiger charge is -2.26. The first-order chi connectivity index (χ1) is 20.7. The number of fused-ring (bicyclic) bond motifs is 1. The summed E-state index contributed by atoms with van der Waals surface area (Å²) in [6, 6.07) is 17.0. The van der Waals surface area contributed by atoms with E-state index in [9.17, 15) is 9.59 Å². The van der Waals surface area contributed by atoms with Crippen LogP contribution in [0.4, 0.5) is 0 Å². The summed E-state index contributed by atoms with van der Waals surface area (Å²) >= 11 is 13.6. The van der Waals surface area contributed by atoms with Crippen LogP contribution < -0.4 is 29.1 Å². The van der Waals surface area contributed by atoms with E-state index in [0.717, 1.165) is 5.56 Å². The summed E-state index contributed by atoms with van der Waals surface area (Å²) in [5.41, 5.74) is 2.45. The third-order valence-corrected chi connectivity index (χ3v) is 8.43. The van der Waals surface area contributed by atoms with E-state index in [1.54, 1.807) is 57.4 Å². The largest absolute Gasteiger partial charge is 0.497 e. The number of para-hydroxylation sites is 1. The standard InChI is InChI=1S/C32H28Cl2N2O6S/c1-5-41-31(38)28-18(2)35-32-36(29(28)23-13-12-22(39-3)16-26(23)40-4)30(37)27(43-32)14-19-8-6-7-9-25(19)42-17-20-10-11-21(33)15-24(20)34/h6-16,29H,5,17H2,1-4H3/b27-14-/t29-/m0/s1. The van der Waals surface area contributed by atoms with Crippen molar-refractivity contribution in [1.82, 2.24) is 4.57 Å². The molecular weight excluding hydrogens is 611 g/mol. The highest BCUT2D eigenvalue weighted by Crippen LogP contribution is 2.37. The van der Waals surface area contributed by atoms with Crippen molar-refractivity contribution >= 4 is 46.6 Å². The zero-order valence-corrected chi connectivity index (χ0v) is 26.2. The Hall–Kier alpha value is -4.05. The maximum atomic E-state index is 14.1. The Labute approximate surface area is 262 Å². The molecule has 222 valence electrons. The van der Waals surface area contributed by atoms with Gasteiger partial charge in [0, 0.05) is 32.8 Å². The Balaban J connectivity index is 1.63. The fourth-order valence-electron chi connectivity index (χ4n) is 4.80. The minimum Gasteiger partial charge on any atom is -0.497 e. The topological polar surface area (TPSA) is 88.4 Å². The van der Waals surface area contributed by atoms with Crippen LogP contribution in [-0.4, -0.2) is 31.4 Å². The van der Waals surface area contributed by atoms with Gasteiger partial charge in [0.1, 0.15) is 29.9 Å². The third kappa shape index (κ3) is 6.20. The highest BCUT2D eigenvalue weighted by Gasteiger charge is 2.35. The molecule has 4 aromatic rings. The van der Waals surface area contributed by atoms with Crippen LogP contribution in [0.15, 0.2) is 81.7 Å². The maximum Gasteiger partial charge on any atom is 0.338 e. The molecule has 1 aromatic heterocycles. The summed E-state index contributed by atoms with van der Waals surface area (Å²) in [7, 11) is 3.08. The molecule has 1 atom stereocenters. The van der Waals surface area contributed by atoms with Crippen molar-refractivity contribution in [2.24, 2.45) is 4.99 Å². The smallest absolute Gasteiger partial charge is 0.338 e. The lowest BCUT2D eigenvalue weighted by atomic mass is 9.95. The fourth-order valence-corrected chi connectivity index (χ4v) is 6.30. The van der Waals surface area contributed by atoms with Crippen molar-refractivity contribution in [3.63, 3.8) is 0 Å². The van der Waals surface area contributed by atoms with Gasteiger partial charge in [0.05, 0.1) is 36.6 Å². The van der Waals surface area contributed by atoms with Crippen LogP contribution in [0.3, 0.4) is 0 Å². The van der Waals surface area contributed by atoms with Gasteiger partial charge in [-0.1, -0.05) is 58.8 Å². The Bertz CT molecular complexity index is 1910. The predicted octanol–water partition coefficient (Wildman–Crippen LogP) is 5.70. The molecule has 2 heterocycles. The van der Waals surface area contributed by atoms with E-state index in [1.807, 2.05) is 30.3 Å². The summed E-state index contributed by atoms with van der Waals surface area (Å²) in [5, 5.41) is 1.04. The number of nitrogens with zero attached hydrogens (tertiary/aromatic N) is 2. The first kappa shape index (κ1) is 30.4. The highest BCUT2D eigenvalue weighted by molar-refractivity contribution is 7.07. The van der Waals surface area contributed by atoms with Gasteiger partial charge < -0.3 is 18.9 Å². The van der Waals surface area contributed by atoms with E-state index >= 15 is 0 Å². The number of halogens is 2. The summed E-state index contributed by atoms with van der Waals surface area (Å²) in [6.07, 6.45) is 1.76. The van der Waals surface area contributed by atoms with Crippen LogP contribution in [0.25, 0.3) is 6.08 Å². The molecule has 0 unspecified atom stereocenters. The molecule has 3 aromatic carbocycles. The molecule has 0 fully saturated rings. The summed E-state index contributed by atoms with van der Waals surface area (Å²) in [4.78, 5) is 32.4. The molecule has 1 aliphatic heterocycles. The molecule has 1 aliphatic rings. The van der Waals surface area contributed by atoms with E-state index < -0.39 is 12.0 Å². The van der Waals surface area contributed by atoms with Gasteiger partial charge >= 0.3 is 5.97 Å². The molecule has 0 spiro atoms. The number of methoxy groups -OCH3 is 2. The van der Waals surface area contributed by atoms with Crippen LogP contribution in [0, 0.1) is 0 Å². The second-order valence-electron chi connectivity index (χ2n) is 9.47. The van der Waals surface area contributed by atoms with Gasteiger partial charge in [0.25, 0.3) is 5.56 Å². The van der Waals surface area contributed by atoms with Crippen LogP contribution in [0.2, 0.25) is 10.0 Å². The number of benzene rings is 3. The quantitative estimate of drug-likeness (QED) is 0.219. The fraction of sp³-hybridized carbons (Fsp3) is 0.219. The van der Waals surface area contributed by atoms with Crippen LogP contribution in [0.1, 0.15) is 36.6 Å². The number of thiazole rings is 1. The maximum absolute atomic E-state index is 14.1. The highest BCUT2D eigenvalue weighted by atomic mass is 35.5. The molecule has 5 rings (SSSR count). The van der Waals surface area contributed by atoms with Crippen molar-refractivity contribution in [3.8, 4) is 17.2 Å². The lowest BCUT2D eigenvalue weighted by Crippen LogP contribution is -2.40. The number of hydrogen-bond donors (Lipinski definition) is 0. The van der Waals surface area contributed by atoms with Crippen molar-refractivity contribution in [2.45, 2.75) is 26.5 Å². The average Bonchev–Trinajstić information content (AvgIpc) is 3.30. The number of allylic oxidation sites excluding steroid dienone is 1. The van der Waals surface area contributed by atoms with Gasteiger partial charge in [0.2, 0.25) is 0 Å². The predicted molar refractivity (Wildman–Crippen MR) is 167 cm³/mol. The molecule has 0 aliphatic carbocycles. The zero-order chi connectivity index (χ0) is 30.7. The van der Waals surface area contributed by atoms with Crippen LogP contribution in [-0.2, 0) is 16.1 Å². The molecule has 0 bridgehead atoms. The number of hydrogen-bond acceptors (Lipinski definition) is 8. The summed E-state index contributed by atoms with van der Waals surface area (Å²) in [5.74, 6) is 1.04. The Kier molecular flexibility index (Phi) is 9.25. The van der Waals surface area contributed by atoms with Gasteiger partial charge in [-0.3, -0.25) is 9.36 Å². The molecular formula is C32H28Cl2N2O6S. The second-order valence-corrected chi connectivity index (χ2v) is 11.3. The Morgan fingerprint density at radius 3 is 2.56 bits per heavy atom. The number of aromatic nitrogens is 1. The minimum absolute atomic E-state index is 0.171. The van der Waals surface area contributed by atoms with E-state index in [0.29, 0.717) is 53.5 Å². The van der Waals surface area contributed by atoms with Gasteiger partial charge in [-0.05, 0) is 50.3 Å². The van der Waals surface area contributed by atoms with Gasteiger partial charge in [0.15, 0.2) is 4.80 Å². The first-order valence-electron chi connectivity index (χ1n) is 13.3. The Morgan fingerprint density at radius 1 is 1.05 bits per heavy atom. The van der Waals surface area contributed by atoms with Gasteiger partial charge in [-0.25, -0.2) is 9.79 Å². The van der Waals surface area contributed by atoms with Crippen molar-refractivity contribution in [3.05, 3.63) is 118 Å². The molecule has 11 heteroatoms. The second kappa shape index (κ2) is 13.1. The average molecular weight is 640 g/mol. The molecule has 43 heavy (non-hydrogen) atoms. The minimum atomic E-state index is -0.836. The normalized spacial score (nSPS) is 14.7. The van der Waals surface area contributed by atoms with Crippen molar-refractivity contribution in [1.29, 1.82) is 0 Å². The Morgan fingerprint density at radius 2 is 1.84 bits per heavy atom. The monoisotopic (exact) mass is 638 g/mol. The number of ether oxygens (including phenoxy) is 4. The molecule has 0 amide bonds. The molecule has 8 nitrogen and oxygen atoms in total. The molecule has 0 radical (unpaired) electrons.